The number of rotatable bonds is 6. The smallest absolute Gasteiger partial charge is 0.115 e. The Balaban J connectivity index is 1.65. The molecule has 1 aliphatic heterocycles. The minimum Gasteiger partial charge on any atom is -0.358 e. The molecule has 1 N–H and O–H groups in total. The molecular weight excluding hydrogens is 272 g/mol. The van der Waals surface area contributed by atoms with E-state index in [-0.39, 0.29) is 6.23 Å². The largest absolute Gasteiger partial charge is 0.358 e. The summed E-state index contributed by atoms with van der Waals surface area (Å²) in [7, 11) is 0. The van der Waals surface area contributed by atoms with Crippen LogP contribution in [0.5, 0.6) is 0 Å². The van der Waals surface area contributed by atoms with Gasteiger partial charge in [-0.25, -0.2) is 0 Å². The van der Waals surface area contributed by atoms with Crippen molar-refractivity contribution in [3.63, 3.8) is 0 Å². The molecule has 1 heterocycles. The van der Waals surface area contributed by atoms with Crippen molar-refractivity contribution in [1.82, 2.24) is 10.2 Å². The first kappa shape index (κ1) is 15.2. The Kier molecular flexibility index (Phi) is 5.59. The summed E-state index contributed by atoms with van der Waals surface area (Å²) >= 11 is 0. The summed E-state index contributed by atoms with van der Waals surface area (Å²) in [6.07, 6.45) is 1.08. The molecule has 0 saturated carbocycles. The second-order valence-electron chi connectivity index (χ2n) is 5.73. The second kappa shape index (κ2) is 8.08. The molecule has 0 bridgehead atoms. The topological polar surface area (TPSA) is 24.5 Å². The van der Waals surface area contributed by atoms with E-state index in [1.54, 1.807) is 0 Å². The van der Waals surface area contributed by atoms with Crippen molar-refractivity contribution < 1.29 is 4.74 Å². The fourth-order valence-electron chi connectivity index (χ4n) is 2.85. The van der Waals surface area contributed by atoms with Gasteiger partial charge in [0.05, 0.1) is 6.61 Å². The highest BCUT2D eigenvalue weighted by molar-refractivity contribution is 5.16. The van der Waals surface area contributed by atoms with Gasteiger partial charge in [0.2, 0.25) is 0 Å². The van der Waals surface area contributed by atoms with Crippen molar-refractivity contribution >= 4 is 0 Å². The van der Waals surface area contributed by atoms with E-state index < -0.39 is 0 Å². The van der Waals surface area contributed by atoms with E-state index in [0.29, 0.717) is 6.61 Å². The Bertz CT molecular complexity index is 538. The molecular formula is C19H24N2O. The van der Waals surface area contributed by atoms with E-state index in [2.05, 4.69) is 64.8 Å². The number of nitrogens with one attached hydrogen (secondary N) is 1. The zero-order valence-corrected chi connectivity index (χ0v) is 12.9. The quantitative estimate of drug-likeness (QED) is 0.887. The lowest BCUT2D eigenvalue weighted by atomic mass is 10.1. The molecule has 1 fully saturated rings. The van der Waals surface area contributed by atoms with Crippen LogP contribution < -0.4 is 5.32 Å². The molecule has 0 amide bonds. The summed E-state index contributed by atoms with van der Waals surface area (Å²) in [6, 6.07) is 21.0. The lowest BCUT2D eigenvalue weighted by Crippen LogP contribution is -2.50. The standard InChI is InChI=1S/C19H24N2O/c1-3-7-17(8-4-1)15-19(21-13-11-20-12-14-21)22-16-18-9-5-2-6-10-18/h1-10,19-20H,11-16H2. The van der Waals surface area contributed by atoms with Gasteiger partial charge in [-0.15, -0.1) is 0 Å². The molecule has 116 valence electrons. The SMILES string of the molecule is c1ccc(COC(Cc2ccccc2)N2CCNCC2)cc1. The first-order valence-electron chi connectivity index (χ1n) is 8.06. The number of nitrogens with zero attached hydrogens (tertiary/aromatic N) is 1. The second-order valence-corrected chi connectivity index (χ2v) is 5.73. The molecule has 1 saturated heterocycles. The molecule has 0 spiro atoms. The number of hydrogen-bond donors (Lipinski definition) is 1. The number of ether oxygens (including phenoxy) is 1. The first-order valence-corrected chi connectivity index (χ1v) is 8.06. The summed E-state index contributed by atoms with van der Waals surface area (Å²) in [4.78, 5) is 2.45. The fourth-order valence-corrected chi connectivity index (χ4v) is 2.85. The Morgan fingerprint density at radius 3 is 2.09 bits per heavy atom. The van der Waals surface area contributed by atoms with E-state index in [1.165, 1.54) is 11.1 Å². The third kappa shape index (κ3) is 4.41. The van der Waals surface area contributed by atoms with Gasteiger partial charge in [-0.05, 0) is 11.1 Å². The van der Waals surface area contributed by atoms with Crippen LogP contribution in [0, 0.1) is 0 Å². The molecule has 2 aromatic carbocycles. The van der Waals surface area contributed by atoms with Crippen molar-refractivity contribution in [1.29, 1.82) is 0 Å². The summed E-state index contributed by atoms with van der Waals surface area (Å²) in [6.45, 7) is 4.85. The Hall–Kier alpha value is -1.68. The Labute approximate surface area is 132 Å². The van der Waals surface area contributed by atoms with Crippen LogP contribution in [-0.2, 0) is 17.8 Å². The first-order chi connectivity index (χ1) is 10.9. The predicted molar refractivity (Wildman–Crippen MR) is 89.6 cm³/mol. The molecule has 1 aliphatic rings. The summed E-state index contributed by atoms with van der Waals surface area (Å²) in [5, 5.41) is 3.41. The highest BCUT2D eigenvalue weighted by atomic mass is 16.5. The third-order valence-electron chi connectivity index (χ3n) is 4.10. The molecule has 3 heteroatoms. The van der Waals surface area contributed by atoms with Gasteiger partial charge >= 0.3 is 0 Å². The van der Waals surface area contributed by atoms with Crippen molar-refractivity contribution in [2.24, 2.45) is 0 Å². The summed E-state index contributed by atoms with van der Waals surface area (Å²) in [5.74, 6) is 0. The van der Waals surface area contributed by atoms with Crippen LogP contribution in [0.15, 0.2) is 60.7 Å². The highest BCUT2D eigenvalue weighted by Crippen LogP contribution is 2.14. The van der Waals surface area contributed by atoms with Gasteiger partial charge in [0.1, 0.15) is 6.23 Å². The maximum Gasteiger partial charge on any atom is 0.115 e. The Morgan fingerprint density at radius 2 is 1.45 bits per heavy atom. The van der Waals surface area contributed by atoms with Crippen LogP contribution >= 0.6 is 0 Å². The molecule has 22 heavy (non-hydrogen) atoms. The van der Waals surface area contributed by atoms with E-state index in [1.807, 2.05) is 6.07 Å². The molecule has 2 aromatic rings. The third-order valence-corrected chi connectivity index (χ3v) is 4.10. The molecule has 0 aromatic heterocycles. The highest BCUT2D eigenvalue weighted by Gasteiger charge is 2.21. The van der Waals surface area contributed by atoms with Crippen LogP contribution in [0.4, 0.5) is 0 Å². The average Bonchev–Trinajstić information content (AvgIpc) is 2.61. The van der Waals surface area contributed by atoms with Crippen LogP contribution in [0.1, 0.15) is 11.1 Å². The van der Waals surface area contributed by atoms with E-state index in [4.69, 9.17) is 4.74 Å². The van der Waals surface area contributed by atoms with E-state index in [9.17, 15) is 0 Å². The molecule has 1 unspecified atom stereocenters. The van der Waals surface area contributed by atoms with Crippen molar-refractivity contribution in [2.75, 3.05) is 26.2 Å². The van der Waals surface area contributed by atoms with Crippen molar-refractivity contribution in [3.8, 4) is 0 Å². The maximum absolute atomic E-state index is 6.27. The zero-order chi connectivity index (χ0) is 15.0. The molecule has 0 aliphatic carbocycles. The number of benzene rings is 2. The monoisotopic (exact) mass is 296 g/mol. The predicted octanol–water partition coefficient (Wildman–Crippen LogP) is 2.68. The van der Waals surface area contributed by atoms with Crippen LogP contribution in [-0.4, -0.2) is 37.3 Å². The summed E-state index contributed by atoms with van der Waals surface area (Å²) in [5.41, 5.74) is 2.56. The normalized spacial score (nSPS) is 17.3. The van der Waals surface area contributed by atoms with Gasteiger partial charge in [-0.1, -0.05) is 60.7 Å². The van der Waals surface area contributed by atoms with E-state index >= 15 is 0 Å². The Morgan fingerprint density at radius 1 is 0.864 bits per heavy atom. The van der Waals surface area contributed by atoms with Crippen LogP contribution in [0.25, 0.3) is 0 Å². The number of piperazine rings is 1. The lowest BCUT2D eigenvalue weighted by molar-refractivity contribution is -0.0721. The minimum absolute atomic E-state index is 0.143. The molecule has 1 atom stereocenters. The van der Waals surface area contributed by atoms with Crippen molar-refractivity contribution in [3.05, 3.63) is 71.8 Å². The summed E-state index contributed by atoms with van der Waals surface area (Å²) < 4.78 is 6.27. The fraction of sp³-hybridized carbons (Fsp3) is 0.368. The number of hydrogen-bond acceptors (Lipinski definition) is 3. The van der Waals surface area contributed by atoms with Gasteiger partial charge in [-0.2, -0.15) is 0 Å². The minimum atomic E-state index is 0.143. The van der Waals surface area contributed by atoms with Gasteiger partial charge < -0.3 is 10.1 Å². The molecule has 0 radical (unpaired) electrons. The van der Waals surface area contributed by atoms with Gasteiger partial charge in [0.25, 0.3) is 0 Å². The van der Waals surface area contributed by atoms with E-state index in [0.717, 1.165) is 32.6 Å². The van der Waals surface area contributed by atoms with Crippen molar-refractivity contribution in [2.45, 2.75) is 19.3 Å². The zero-order valence-electron chi connectivity index (χ0n) is 12.9. The maximum atomic E-state index is 6.27. The van der Waals surface area contributed by atoms with Gasteiger partial charge in [0.15, 0.2) is 0 Å². The average molecular weight is 296 g/mol. The van der Waals surface area contributed by atoms with Crippen LogP contribution in [0.3, 0.4) is 0 Å². The molecule has 3 rings (SSSR count). The van der Waals surface area contributed by atoms with Gasteiger partial charge in [0, 0.05) is 32.6 Å². The molecule has 3 nitrogen and oxygen atoms in total. The van der Waals surface area contributed by atoms with Crippen LogP contribution in [0.2, 0.25) is 0 Å². The lowest BCUT2D eigenvalue weighted by Gasteiger charge is -2.34. The van der Waals surface area contributed by atoms with Gasteiger partial charge in [-0.3, -0.25) is 4.90 Å².